The molecule has 4 heteroatoms. The zero-order valence-electron chi connectivity index (χ0n) is 23.0. The summed E-state index contributed by atoms with van der Waals surface area (Å²) in [6.45, 7) is 0. The SMILES string of the molecule is c1ccc(-c2ncc(-c3nc4c(c5ccccc35)c3ccccc3c3sc5ccccc5c43)c(-c3ccccc3)n2)cc1. The molecule has 6 aromatic carbocycles. The van der Waals surface area contributed by atoms with Crippen LogP contribution in [0.2, 0.25) is 0 Å². The van der Waals surface area contributed by atoms with Crippen LogP contribution in [-0.4, -0.2) is 15.0 Å². The number of fused-ring (bicyclic) bond motifs is 10. The van der Waals surface area contributed by atoms with Crippen molar-refractivity contribution in [2.45, 2.75) is 0 Å². The normalized spacial score (nSPS) is 11.7. The van der Waals surface area contributed by atoms with Crippen LogP contribution in [0.4, 0.5) is 0 Å². The second kappa shape index (κ2) is 9.55. The highest BCUT2D eigenvalue weighted by Crippen LogP contribution is 2.47. The van der Waals surface area contributed by atoms with Gasteiger partial charge in [0.25, 0.3) is 0 Å². The van der Waals surface area contributed by atoms with Crippen molar-refractivity contribution < 1.29 is 0 Å². The molecule has 0 spiro atoms. The van der Waals surface area contributed by atoms with Crippen LogP contribution >= 0.6 is 11.3 Å². The summed E-state index contributed by atoms with van der Waals surface area (Å²) in [7, 11) is 0. The fraction of sp³-hybridized carbons (Fsp3) is 0. The molecular formula is C39H23N3S. The van der Waals surface area contributed by atoms with Gasteiger partial charge in [0.15, 0.2) is 5.82 Å². The van der Waals surface area contributed by atoms with E-state index in [0.717, 1.165) is 39.0 Å². The molecule has 9 aromatic rings. The van der Waals surface area contributed by atoms with Gasteiger partial charge in [0.05, 0.1) is 16.9 Å². The van der Waals surface area contributed by atoms with Crippen molar-refractivity contribution in [1.29, 1.82) is 0 Å². The molecule has 3 heterocycles. The van der Waals surface area contributed by atoms with Crippen molar-refractivity contribution >= 4 is 64.0 Å². The molecule has 200 valence electrons. The average Bonchev–Trinajstić information content (AvgIpc) is 3.49. The molecule has 0 bridgehead atoms. The minimum Gasteiger partial charge on any atom is -0.246 e. The summed E-state index contributed by atoms with van der Waals surface area (Å²) in [5, 5.41) is 8.41. The lowest BCUT2D eigenvalue weighted by atomic mass is 9.93. The highest BCUT2D eigenvalue weighted by molar-refractivity contribution is 7.27. The van der Waals surface area contributed by atoms with E-state index in [1.807, 2.05) is 41.8 Å². The third-order valence-corrected chi connectivity index (χ3v) is 9.51. The first-order valence-corrected chi connectivity index (χ1v) is 15.2. The van der Waals surface area contributed by atoms with E-state index in [9.17, 15) is 0 Å². The molecule has 3 nitrogen and oxygen atoms in total. The maximum absolute atomic E-state index is 5.59. The molecular weight excluding hydrogens is 543 g/mol. The van der Waals surface area contributed by atoms with Crippen LogP contribution in [-0.2, 0) is 0 Å². The van der Waals surface area contributed by atoms with Crippen LogP contribution < -0.4 is 0 Å². The maximum Gasteiger partial charge on any atom is 0.159 e. The lowest BCUT2D eigenvalue weighted by Gasteiger charge is -2.16. The van der Waals surface area contributed by atoms with E-state index < -0.39 is 0 Å². The van der Waals surface area contributed by atoms with Gasteiger partial charge in [-0.2, -0.15) is 0 Å². The Labute approximate surface area is 251 Å². The Balaban J connectivity index is 1.46. The molecule has 0 aliphatic carbocycles. The summed E-state index contributed by atoms with van der Waals surface area (Å²) in [5.74, 6) is 0.700. The Morgan fingerprint density at radius 1 is 0.442 bits per heavy atom. The van der Waals surface area contributed by atoms with Crippen LogP contribution in [0.15, 0.2) is 140 Å². The molecule has 0 saturated heterocycles. The molecule has 0 fully saturated rings. The van der Waals surface area contributed by atoms with Gasteiger partial charge >= 0.3 is 0 Å². The van der Waals surface area contributed by atoms with Crippen molar-refractivity contribution in [3.8, 4) is 33.9 Å². The molecule has 0 N–H and O–H groups in total. The summed E-state index contributed by atoms with van der Waals surface area (Å²) < 4.78 is 2.55. The molecule has 0 aliphatic rings. The van der Waals surface area contributed by atoms with Crippen molar-refractivity contribution in [2.75, 3.05) is 0 Å². The predicted molar refractivity (Wildman–Crippen MR) is 182 cm³/mol. The monoisotopic (exact) mass is 565 g/mol. The summed E-state index contributed by atoms with van der Waals surface area (Å²) in [4.78, 5) is 15.7. The van der Waals surface area contributed by atoms with E-state index in [1.54, 1.807) is 0 Å². The Morgan fingerprint density at radius 2 is 1.02 bits per heavy atom. The third-order valence-electron chi connectivity index (χ3n) is 8.31. The number of rotatable bonds is 3. The zero-order valence-corrected chi connectivity index (χ0v) is 23.8. The standard InChI is InChI=1S/C39H23N3S/c1-3-13-24(14-4-1)35-31(23-40-39(42-35)25-15-5-2-6-16-25)36-28-19-9-7-17-26(28)33-27-18-8-10-20-29(27)38-34(37(33)41-36)30-21-11-12-22-32(30)43-38/h1-23H. The van der Waals surface area contributed by atoms with Gasteiger partial charge in [0.2, 0.25) is 0 Å². The molecule has 3 aromatic heterocycles. The van der Waals surface area contributed by atoms with Crippen molar-refractivity contribution in [3.63, 3.8) is 0 Å². The molecule has 9 rings (SSSR count). The number of thiophene rings is 1. The number of pyridine rings is 1. The second-order valence-corrected chi connectivity index (χ2v) is 11.8. The van der Waals surface area contributed by atoms with Gasteiger partial charge in [-0.15, -0.1) is 11.3 Å². The molecule has 0 saturated carbocycles. The van der Waals surface area contributed by atoms with E-state index in [1.165, 1.54) is 41.7 Å². The molecule has 0 amide bonds. The van der Waals surface area contributed by atoms with E-state index in [2.05, 4.69) is 109 Å². The Hall–Kier alpha value is -5.45. The summed E-state index contributed by atoms with van der Waals surface area (Å²) in [6.07, 6.45) is 1.96. The van der Waals surface area contributed by atoms with E-state index in [0.29, 0.717) is 5.82 Å². The van der Waals surface area contributed by atoms with Crippen molar-refractivity contribution in [2.24, 2.45) is 0 Å². The Morgan fingerprint density at radius 3 is 1.77 bits per heavy atom. The van der Waals surface area contributed by atoms with Gasteiger partial charge in [-0.3, -0.25) is 0 Å². The summed E-state index contributed by atoms with van der Waals surface area (Å²) in [5.41, 5.74) is 5.73. The highest BCUT2D eigenvalue weighted by Gasteiger charge is 2.22. The Kier molecular flexibility index (Phi) is 5.37. The number of hydrogen-bond donors (Lipinski definition) is 0. The van der Waals surface area contributed by atoms with E-state index in [4.69, 9.17) is 15.0 Å². The first-order valence-electron chi connectivity index (χ1n) is 14.4. The minimum atomic E-state index is 0.700. The van der Waals surface area contributed by atoms with Gasteiger partial charge in [0, 0.05) is 59.2 Å². The third kappa shape index (κ3) is 3.70. The first kappa shape index (κ1) is 24.2. The second-order valence-electron chi connectivity index (χ2n) is 10.8. The lowest BCUT2D eigenvalue weighted by Crippen LogP contribution is -1.99. The Bertz CT molecular complexity index is 2500. The fourth-order valence-electron chi connectivity index (χ4n) is 6.39. The lowest BCUT2D eigenvalue weighted by molar-refractivity contribution is 1.18. The number of nitrogens with zero attached hydrogens (tertiary/aromatic N) is 3. The highest BCUT2D eigenvalue weighted by atomic mass is 32.1. The van der Waals surface area contributed by atoms with E-state index >= 15 is 0 Å². The molecule has 0 radical (unpaired) electrons. The first-order chi connectivity index (χ1) is 21.3. The smallest absolute Gasteiger partial charge is 0.159 e. The maximum atomic E-state index is 5.59. The number of hydrogen-bond acceptors (Lipinski definition) is 4. The van der Waals surface area contributed by atoms with Crippen LogP contribution in [0.3, 0.4) is 0 Å². The number of benzene rings is 6. The average molecular weight is 566 g/mol. The fourth-order valence-corrected chi connectivity index (χ4v) is 7.63. The molecule has 0 unspecified atom stereocenters. The van der Waals surface area contributed by atoms with Gasteiger partial charge < -0.3 is 0 Å². The van der Waals surface area contributed by atoms with Gasteiger partial charge in [-0.25, -0.2) is 15.0 Å². The molecule has 43 heavy (non-hydrogen) atoms. The van der Waals surface area contributed by atoms with Gasteiger partial charge in [0.1, 0.15) is 0 Å². The summed E-state index contributed by atoms with van der Waals surface area (Å²) in [6, 6.07) is 46.6. The zero-order chi connectivity index (χ0) is 28.3. The van der Waals surface area contributed by atoms with Gasteiger partial charge in [-0.05, 0) is 16.8 Å². The quantitative estimate of drug-likeness (QED) is 0.200. The number of aromatic nitrogens is 3. The van der Waals surface area contributed by atoms with Crippen LogP contribution in [0.5, 0.6) is 0 Å². The topological polar surface area (TPSA) is 38.7 Å². The summed E-state index contributed by atoms with van der Waals surface area (Å²) >= 11 is 1.85. The van der Waals surface area contributed by atoms with Gasteiger partial charge in [-0.1, -0.05) is 127 Å². The molecule has 0 atom stereocenters. The van der Waals surface area contributed by atoms with Crippen LogP contribution in [0, 0.1) is 0 Å². The largest absolute Gasteiger partial charge is 0.246 e. The van der Waals surface area contributed by atoms with E-state index in [-0.39, 0.29) is 0 Å². The van der Waals surface area contributed by atoms with Crippen LogP contribution in [0.1, 0.15) is 0 Å². The van der Waals surface area contributed by atoms with Crippen molar-refractivity contribution in [3.05, 3.63) is 140 Å². The van der Waals surface area contributed by atoms with Crippen LogP contribution in [0.25, 0.3) is 86.5 Å². The molecule has 0 aliphatic heterocycles. The van der Waals surface area contributed by atoms with Crippen molar-refractivity contribution in [1.82, 2.24) is 15.0 Å². The minimum absolute atomic E-state index is 0.700. The predicted octanol–water partition coefficient (Wildman–Crippen LogP) is 10.7.